The van der Waals surface area contributed by atoms with Gasteiger partial charge < -0.3 is 19.8 Å². The highest BCUT2D eigenvalue weighted by atomic mass is 16.7. The lowest BCUT2D eigenvalue weighted by molar-refractivity contribution is 0.102. The molecule has 0 bridgehead atoms. The van der Waals surface area contributed by atoms with Gasteiger partial charge >= 0.3 is 0 Å². The van der Waals surface area contributed by atoms with Crippen LogP contribution in [0, 0.1) is 0 Å². The number of aryl methyl sites for hydroxylation is 1. The second kappa shape index (κ2) is 5.31. The Morgan fingerprint density at radius 1 is 1.22 bits per heavy atom. The van der Waals surface area contributed by atoms with E-state index in [-0.39, 0.29) is 12.7 Å². The van der Waals surface area contributed by atoms with E-state index in [2.05, 4.69) is 15.3 Å². The summed E-state index contributed by atoms with van der Waals surface area (Å²) >= 11 is 0. The van der Waals surface area contributed by atoms with E-state index in [1.165, 1.54) is 0 Å². The van der Waals surface area contributed by atoms with Gasteiger partial charge in [0, 0.05) is 23.7 Å². The molecule has 1 aromatic heterocycles. The van der Waals surface area contributed by atoms with Crippen LogP contribution in [0.15, 0.2) is 36.4 Å². The van der Waals surface area contributed by atoms with Crippen LogP contribution in [-0.4, -0.2) is 22.7 Å². The fraction of sp³-hybridized carbons (Fsp3) is 0.176. The van der Waals surface area contributed by atoms with Crippen molar-refractivity contribution in [3.8, 4) is 11.5 Å². The van der Waals surface area contributed by atoms with Crippen LogP contribution in [-0.2, 0) is 6.42 Å². The molecule has 1 aliphatic heterocycles. The van der Waals surface area contributed by atoms with Crippen LogP contribution in [0.2, 0.25) is 0 Å². The first-order chi connectivity index (χ1) is 11.2. The number of rotatable bonds is 3. The average Bonchev–Trinajstić information content (AvgIpc) is 3.19. The summed E-state index contributed by atoms with van der Waals surface area (Å²) in [6.45, 7) is 2.24. The summed E-state index contributed by atoms with van der Waals surface area (Å²) in [4.78, 5) is 20.1. The fourth-order valence-electron chi connectivity index (χ4n) is 2.55. The van der Waals surface area contributed by atoms with E-state index in [1.807, 2.05) is 19.1 Å². The van der Waals surface area contributed by atoms with Crippen molar-refractivity contribution >= 4 is 22.6 Å². The van der Waals surface area contributed by atoms with Crippen molar-refractivity contribution in [3.63, 3.8) is 0 Å². The zero-order valence-corrected chi connectivity index (χ0v) is 12.6. The molecular weight excluding hydrogens is 294 g/mol. The molecule has 0 unspecified atom stereocenters. The van der Waals surface area contributed by atoms with Crippen molar-refractivity contribution in [3.05, 3.63) is 47.8 Å². The molecule has 1 aliphatic rings. The third-order valence-corrected chi connectivity index (χ3v) is 3.76. The summed E-state index contributed by atoms with van der Waals surface area (Å²) in [7, 11) is 0. The van der Waals surface area contributed by atoms with Gasteiger partial charge in [0.25, 0.3) is 5.91 Å². The molecule has 2 aromatic carbocycles. The van der Waals surface area contributed by atoms with Gasteiger partial charge in [-0.1, -0.05) is 6.92 Å². The number of anilines is 1. The molecule has 4 rings (SSSR count). The van der Waals surface area contributed by atoms with Gasteiger partial charge in [0.1, 0.15) is 5.82 Å². The molecule has 0 fully saturated rings. The number of fused-ring (bicyclic) bond motifs is 2. The number of carbonyl (C=O) groups is 1. The Balaban J connectivity index is 1.58. The number of imidazole rings is 1. The van der Waals surface area contributed by atoms with Crippen LogP contribution in [0.1, 0.15) is 23.1 Å². The summed E-state index contributed by atoms with van der Waals surface area (Å²) in [5, 5.41) is 2.86. The number of amides is 1. The van der Waals surface area contributed by atoms with E-state index < -0.39 is 0 Å². The van der Waals surface area contributed by atoms with Crippen LogP contribution >= 0.6 is 0 Å². The predicted octanol–water partition coefficient (Wildman–Crippen LogP) is 3.11. The first-order valence-electron chi connectivity index (χ1n) is 7.42. The number of hydrogen-bond acceptors (Lipinski definition) is 4. The van der Waals surface area contributed by atoms with Gasteiger partial charge in [0.15, 0.2) is 11.5 Å². The van der Waals surface area contributed by atoms with E-state index >= 15 is 0 Å². The lowest BCUT2D eigenvalue weighted by Crippen LogP contribution is -2.11. The maximum absolute atomic E-state index is 12.4. The van der Waals surface area contributed by atoms with Crippen molar-refractivity contribution in [1.29, 1.82) is 0 Å². The van der Waals surface area contributed by atoms with Gasteiger partial charge in [-0.3, -0.25) is 4.79 Å². The van der Waals surface area contributed by atoms with Crippen LogP contribution in [0.5, 0.6) is 11.5 Å². The molecule has 116 valence electrons. The molecule has 0 spiro atoms. The van der Waals surface area contributed by atoms with E-state index in [4.69, 9.17) is 9.47 Å². The van der Waals surface area contributed by atoms with Crippen molar-refractivity contribution in [2.24, 2.45) is 0 Å². The minimum Gasteiger partial charge on any atom is -0.454 e. The number of aromatic nitrogens is 2. The minimum absolute atomic E-state index is 0.182. The SMILES string of the molecule is CCc1nc2ccc(C(=O)Nc3ccc4c(c3)OCO4)cc2[nH]1. The zero-order valence-electron chi connectivity index (χ0n) is 12.6. The Hall–Kier alpha value is -3.02. The van der Waals surface area contributed by atoms with Gasteiger partial charge in [-0.15, -0.1) is 0 Å². The summed E-state index contributed by atoms with van der Waals surface area (Å²) in [5.41, 5.74) is 2.96. The summed E-state index contributed by atoms with van der Waals surface area (Å²) < 4.78 is 10.6. The van der Waals surface area contributed by atoms with Gasteiger partial charge in [-0.2, -0.15) is 0 Å². The third kappa shape index (κ3) is 2.48. The Kier molecular flexibility index (Phi) is 3.15. The summed E-state index contributed by atoms with van der Waals surface area (Å²) in [6, 6.07) is 10.7. The zero-order chi connectivity index (χ0) is 15.8. The third-order valence-electron chi connectivity index (χ3n) is 3.76. The number of ether oxygens (including phenoxy) is 2. The Bertz CT molecular complexity index is 901. The first kappa shape index (κ1) is 13.6. The van der Waals surface area contributed by atoms with Gasteiger partial charge in [0.05, 0.1) is 11.0 Å². The molecular formula is C17H15N3O3. The second-order valence-corrected chi connectivity index (χ2v) is 5.29. The summed E-state index contributed by atoms with van der Waals surface area (Å²) in [6.07, 6.45) is 0.827. The highest BCUT2D eigenvalue weighted by molar-refractivity contribution is 6.06. The highest BCUT2D eigenvalue weighted by Gasteiger charge is 2.15. The Labute approximate surface area is 132 Å². The maximum atomic E-state index is 12.4. The fourth-order valence-corrected chi connectivity index (χ4v) is 2.55. The number of nitrogens with zero attached hydrogens (tertiary/aromatic N) is 1. The molecule has 0 atom stereocenters. The smallest absolute Gasteiger partial charge is 0.255 e. The summed E-state index contributed by atoms with van der Waals surface area (Å²) in [5.74, 6) is 2.06. The molecule has 0 aliphatic carbocycles. The molecule has 2 N–H and O–H groups in total. The van der Waals surface area contributed by atoms with Crippen molar-refractivity contribution in [1.82, 2.24) is 9.97 Å². The maximum Gasteiger partial charge on any atom is 0.255 e. The minimum atomic E-state index is -0.182. The molecule has 2 heterocycles. The van der Waals surface area contributed by atoms with Crippen LogP contribution < -0.4 is 14.8 Å². The standard InChI is InChI=1S/C17H15N3O3/c1-2-16-19-12-5-3-10(7-13(12)20-16)17(21)18-11-4-6-14-15(8-11)23-9-22-14/h3-8H,2,9H2,1H3,(H,18,21)(H,19,20). The number of carbonyl (C=O) groups excluding carboxylic acids is 1. The van der Waals surface area contributed by atoms with Crippen LogP contribution in [0.3, 0.4) is 0 Å². The molecule has 6 heteroatoms. The van der Waals surface area contributed by atoms with E-state index in [0.29, 0.717) is 22.7 Å². The van der Waals surface area contributed by atoms with Gasteiger partial charge in [-0.05, 0) is 30.3 Å². The molecule has 0 saturated carbocycles. The number of hydrogen-bond donors (Lipinski definition) is 2. The molecule has 1 amide bonds. The molecule has 0 saturated heterocycles. The highest BCUT2D eigenvalue weighted by Crippen LogP contribution is 2.34. The van der Waals surface area contributed by atoms with Crippen LogP contribution in [0.4, 0.5) is 5.69 Å². The van der Waals surface area contributed by atoms with Crippen molar-refractivity contribution < 1.29 is 14.3 Å². The van der Waals surface area contributed by atoms with Crippen molar-refractivity contribution in [2.75, 3.05) is 12.1 Å². The lowest BCUT2D eigenvalue weighted by atomic mass is 10.2. The quantitative estimate of drug-likeness (QED) is 0.779. The number of nitrogens with one attached hydrogen (secondary N) is 2. The average molecular weight is 309 g/mol. The lowest BCUT2D eigenvalue weighted by Gasteiger charge is -2.06. The topological polar surface area (TPSA) is 76.2 Å². The predicted molar refractivity (Wildman–Crippen MR) is 86.0 cm³/mol. The first-order valence-corrected chi connectivity index (χ1v) is 7.42. The van der Waals surface area contributed by atoms with Crippen LogP contribution in [0.25, 0.3) is 11.0 Å². The van der Waals surface area contributed by atoms with Gasteiger partial charge in [-0.25, -0.2) is 4.98 Å². The Morgan fingerprint density at radius 3 is 2.96 bits per heavy atom. The molecule has 3 aromatic rings. The molecule has 0 radical (unpaired) electrons. The van der Waals surface area contributed by atoms with E-state index in [0.717, 1.165) is 23.3 Å². The largest absolute Gasteiger partial charge is 0.454 e. The Morgan fingerprint density at radius 2 is 2.09 bits per heavy atom. The van der Waals surface area contributed by atoms with E-state index in [1.54, 1.807) is 24.3 Å². The normalized spacial score (nSPS) is 12.6. The number of benzene rings is 2. The molecule has 6 nitrogen and oxygen atoms in total. The second-order valence-electron chi connectivity index (χ2n) is 5.29. The number of H-pyrrole nitrogens is 1. The number of aromatic amines is 1. The van der Waals surface area contributed by atoms with E-state index in [9.17, 15) is 4.79 Å². The monoisotopic (exact) mass is 309 g/mol. The van der Waals surface area contributed by atoms with Crippen molar-refractivity contribution in [2.45, 2.75) is 13.3 Å². The van der Waals surface area contributed by atoms with Gasteiger partial charge in [0.2, 0.25) is 6.79 Å². The molecule has 23 heavy (non-hydrogen) atoms.